The predicted octanol–water partition coefficient (Wildman–Crippen LogP) is 5.03. The fourth-order valence-electron chi connectivity index (χ4n) is 4.21. The first-order valence-electron chi connectivity index (χ1n) is 8.67. The summed E-state index contributed by atoms with van der Waals surface area (Å²) in [7, 11) is 0. The Morgan fingerprint density at radius 2 is 2.08 bits per heavy atom. The summed E-state index contributed by atoms with van der Waals surface area (Å²) in [6.07, 6.45) is 13.5. The zero-order valence-electron chi connectivity index (χ0n) is 13.8. The van der Waals surface area contributed by atoms with E-state index in [9.17, 15) is 0 Å². The molecule has 1 aromatic carbocycles. The predicted molar refractivity (Wildman–Crippen MR) is 95.2 cm³/mol. The Bertz CT molecular complexity index is 864. The second-order valence-corrected chi connectivity index (χ2v) is 6.87. The van der Waals surface area contributed by atoms with Crippen molar-refractivity contribution in [1.82, 2.24) is 0 Å². The molecule has 1 saturated heterocycles. The number of rotatable bonds is 3. The van der Waals surface area contributed by atoms with Crippen molar-refractivity contribution >= 4 is 6.08 Å². The monoisotopic (exact) mass is 316 g/mol. The molecule has 2 unspecified atom stereocenters. The molecule has 0 N–H and O–H groups in total. The van der Waals surface area contributed by atoms with E-state index in [1.807, 2.05) is 0 Å². The number of hydrogen-bond acceptors (Lipinski definition) is 2. The van der Waals surface area contributed by atoms with E-state index in [-0.39, 0.29) is 6.10 Å². The van der Waals surface area contributed by atoms with Crippen LogP contribution in [0, 0.1) is 0 Å². The van der Waals surface area contributed by atoms with Crippen LogP contribution in [0.1, 0.15) is 36.8 Å². The van der Waals surface area contributed by atoms with E-state index in [2.05, 4.69) is 61.6 Å². The molecule has 0 spiro atoms. The lowest BCUT2D eigenvalue weighted by atomic mass is 9.88. The Morgan fingerprint density at radius 1 is 1.17 bits per heavy atom. The van der Waals surface area contributed by atoms with E-state index in [0.717, 1.165) is 18.6 Å². The van der Waals surface area contributed by atoms with Crippen LogP contribution in [0.2, 0.25) is 0 Å². The summed E-state index contributed by atoms with van der Waals surface area (Å²) in [6, 6.07) is 8.73. The van der Waals surface area contributed by atoms with Crippen molar-refractivity contribution in [3.05, 3.63) is 87.7 Å². The molecule has 2 atom stereocenters. The molecule has 3 aliphatic carbocycles. The Hall–Kier alpha value is -2.32. The molecule has 1 heterocycles. The number of ether oxygens (including phenoxy) is 2. The van der Waals surface area contributed by atoms with Gasteiger partial charge in [-0.3, -0.25) is 0 Å². The molecule has 1 fully saturated rings. The van der Waals surface area contributed by atoms with Gasteiger partial charge >= 0.3 is 0 Å². The smallest absolute Gasteiger partial charge is 0.189 e. The van der Waals surface area contributed by atoms with Gasteiger partial charge in [0.15, 0.2) is 6.79 Å². The standard InChI is InChI=1S/C22H20O2/c1-14-10-17-11-21-22(24-13-23-21)12-20(17)18(14)9-8-16-7-6-15-4-2-3-5-19(15)16/h2-7,10-12,16,22H,8-9,13H2,1H3. The van der Waals surface area contributed by atoms with Gasteiger partial charge in [-0.2, -0.15) is 0 Å². The van der Waals surface area contributed by atoms with Crippen LogP contribution in [0.15, 0.2) is 76.6 Å². The van der Waals surface area contributed by atoms with Gasteiger partial charge in [0.2, 0.25) is 0 Å². The SMILES string of the molecule is CC1=C(CCC2C=Cc3ccccc32)C2=CC3OCOC3=CC2=C1. The zero-order valence-corrected chi connectivity index (χ0v) is 13.8. The minimum absolute atomic E-state index is 0.00477. The number of benzene rings is 1. The average molecular weight is 316 g/mol. The summed E-state index contributed by atoms with van der Waals surface area (Å²) in [5.41, 5.74) is 8.31. The maximum Gasteiger partial charge on any atom is 0.189 e. The van der Waals surface area contributed by atoms with Gasteiger partial charge in [0, 0.05) is 5.92 Å². The average Bonchev–Trinajstić information content (AvgIpc) is 3.27. The van der Waals surface area contributed by atoms with Crippen molar-refractivity contribution in [2.45, 2.75) is 31.8 Å². The van der Waals surface area contributed by atoms with Crippen LogP contribution in [0.4, 0.5) is 0 Å². The van der Waals surface area contributed by atoms with Gasteiger partial charge < -0.3 is 9.47 Å². The molecule has 0 bridgehead atoms. The molecule has 2 heteroatoms. The van der Waals surface area contributed by atoms with Gasteiger partial charge in [-0.1, -0.05) is 42.5 Å². The Morgan fingerprint density at radius 3 is 3.04 bits per heavy atom. The maximum absolute atomic E-state index is 5.65. The van der Waals surface area contributed by atoms with Crippen molar-refractivity contribution in [2.24, 2.45) is 0 Å². The first-order chi connectivity index (χ1) is 11.8. The van der Waals surface area contributed by atoms with Crippen molar-refractivity contribution in [2.75, 3.05) is 6.79 Å². The van der Waals surface area contributed by atoms with E-state index in [1.54, 1.807) is 0 Å². The first kappa shape index (κ1) is 14.1. The quantitative estimate of drug-likeness (QED) is 0.778. The molecular weight excluding hydrogens is 296 g/mol. The molecular formula is C22H20O2. The van der Waals surface area contributed by atoms with Crippen LogP contribution in [-0.4, -0.2) is 12.9 Å². The van der Waals surface area contributed by atoms with E-state index in [0.29, 0.717) is 12.7 Å². The molecule has 0 radical (unpaired) electrons. The summed E-state index contributed by atoms with van der Waals surface area (Å²) >= 11 is 0. The van der Waals surface area contributed by atoms with Gasteiger partial charge in [0.25, 0.3) is 0 Å². The lowest BCUT2D eigenvalue weighted by molar-refractivity contribution is 0.0629. The molecule has 0 saturated carbocycles. The molecule has 5 rings (SSSR count). The van der Waals surface area contributed by atoms with Crippen molar-refractivity contribution < 1.29 is 9.47 Å². The third-order valence-corrected chi connectivity index (χ3v) is 5.46. The Kier molecular flexibility index (Phi) is 3.14. The number of allylic oxidation sites excluding steroid dienone is 7. The molecule has 24 heavy (non-hydrogen) atoms. The van der Waals surface area contributed by atoms with E-state index < -0.39 is 0 Å². The van der Waals surface area contributed by atoms with Crippen molar-refractivity contribution in [3.8, 4) is 0 Å². The molecule has 120 valence electrons. The van der Waals surface area contributed by atoms with Crippen LogP contribution in [0.25, 0.3) is 6.08 Å². The molecule has 2 nitrogen and oxygen atoms in total. The molecule has 0 amide bonds. The van der Waals surface area contributed by atoms with Gasteiger partial charge in [-0.05, 0) is 65.3 Å². The minimum atomic E-state index is 0.00477. The number of fused-ring (bicyclic) bond motifs is 3. The molecule has 4 aliphatic rings. The largest absolute Gasteiger partial charge is 0.469 e. The fraction of sp³-hybridized carbons (Fsp3) is 0.273. The summed E-state index contributed by atoms with van der Waals surface area (Å²) in [5, 5.41) is 0. The van der Waals surface area contributed by atoms with Gasteiger partial charge in [-0.15, -0.1) is 0 Å². The van der Waals surface area contributed by atoms with Crippen LogP contribution in [0.3, 0.4) is 0 Å². The lowest BCUT2D eigenvalue weighted by Gasteiger charge is -2.18. The second-order valence-electron chi connectivity index (χ2n) is 6.87. The van der Waals surface area contributed by atoms with Crippen molar-refractivity contribution in [1.29, 1.82) is 0 Å². The Balaban J connectivity index is 1.36. The normalized spacial score (nSPS) is 26.5. The number of hydrogen-bond donors (Lipinski definition) is 0. The topological polar surface area (TPSA) is 18.5 Å². The highest BCUT2D eigenvalue weighted by atomic mass is 16.7. The molecule has 1 aromatic rings. The highest BCUT2D eigenvalue weighted by molar-refractivity contribution is 5.66. The highest BCUT2D eigenvalue weighted by Crippen LogP contribution is 2.42. The molecule has 1 aliphatic heterocycles. The minimum Gasteiger partial charge on any atom is -0.469 e. The summed E-state index contributed by atoms with van der Waals surface area (Å²) in [4.78, 5) is 0. The van der Waals surface area contributed by atoms with Gasteiger partial charge in [-0.25, -0.2) is 0 Å². The third kappa shape index (κ3) is 2.14. The second kappa shape index (κ2) is 5.35. The summed E-state index contributed by atoms with van der Waals surface area (Å²) < 4.78 is 11.2. The van der Waals surface area contributed by atoms with E-state index in [4.69, 9.17) is 9.47 Å². The van der Waals surface area contributed by atoms with Gasteiger partial charge in [0.05, 0.1) is 0 Å². The maximum atomic E-state index is 5.65. The zero-order chi connectivity index (χ0) is 16.1. The van der Waals surface area contributed by atoms with E-state index in [1.165, 1.54) is 33.4 Å². The highest BCUT2D eigenvalue weighted by Gasteiger charge is 2.31. The first-order valence-corrected chi connectivity index (χ1v) is 8.67. The van der Waals surface area contributed by atoms with Crippen LogP contribution in [0.5, 0.6) is 0 Å². The van der Waals surface area contributed by atoms with Crippen LogP contribution < -0.4 is 0 Å². The fourth-order valence-corrected chi connectivity index (χ4v) is 4.21. The van der Waals surface area contributed by atoms with Crippen LogP contribution in [-0.2, 0) is 9.47 Å². The van der Waals surface area contributed by atoms with E-state index >= 15 is 0 Å². The third-order valence-electron chi connectivity index (χ3n) is 5.46. The molecule has 0 aromatic heterocycles. The van der Waals surface area contributed by atoms with Crippen LogP contribution >= 0.6 is 0 Å². The Labute approximate surface area is 142 Å². The summed E-state index contributed by atoms with van der Waals surface area (Å²) in [5.74, 6) is 1.48. The lowest BCUT2D eigenvalue weighted by Crippen LogP contribution is -2.10. The summed E-state index contributed by atoms with van der Waals surface area (Å²) in [6.45, 7) is 2.59. The van der Waals surface area contributed by atoms with Crippen molar-refractivity contribution in [3.63, 3.8) is 0 Å². The van der Waals surface area contributed by atoms with Gasteiger partial charge in [0.1, 0.15) is 11.9 Å².